The molecule has 8 heteroatoms. The van der Waals surface area contributed by atoms with Crippen LogP contribution in [0.15, 0.2) is 30.5 Å². The number of carbonyl (C=O) groups is 1. The van der Waals surface area contributed by atoms with Gasteiger partial charge in [0.2, 0.25) is 5.91 Å². The van der Waals surface area contributed by atoms with Crippen LogP contribution in [-0.2, 0) is 4.79 Å². The maximum atomic E-state index is 12.5. The van der Waals surface area contributed by atoms with Crippen LogP contribution in [0.4, 0.5) is 5.82 Å². The van der Waals surface area contributed by atoms with Crippen LogP contribution in [0.2, 0.25) is 5.02 Å². The fraction of sp³-hybridized carbons (Fsp3) is 0.556. The lowest BCUT2D eigenvalue weighted by atomic mass is 9.90. The smallest absolute Gasteiger partial charge is 0.223 e. The topological polar surface area (TPSA) is 84.7 Å². The molecule has 0 spiro atoms. The number of aromatic nitrogens is 4. The molecule has 2 N–H and O–H groups in total. The highest BCUT2D eigenvalue weighted by molar-refractivity contribution is 6.32. The van der Waals surface area contributed by atoms with Crippen molar-refractivity contribution in [2.45, 2.75) is 89.6 Å². The lowest BCUT2D eigenvalue weighted by Crippen LogP contribution is -2.42. The third-order valence-corrected chi connectivity index (χ3v) is 8.04. The van der Waals surface area contributed by atoms with E-state index in [0.29, 0.717) is 11.1 Å². The van der Waals surface area contributed by atoms with E-state index in [-0.39, 0.29) is 23.8 Å². The monoisotopic (exact) mass is 494 g/mol. The first kappa shape index (κ1) is 24.0. The number of halogens is 1. The summed E-state index contributed by atoms with van der Waals surface area (Å²) in [4.78, 5) is 22.4. The molecule has 186 valence electrons. The minimum atomic E-state index is 0.230. The molecule has 0 bridgehead atoms. The first-order chi connectivity index (χ1) is 17.0. The van der Waals surface area contributed by atoms with Gasteiger partial charge in [-0.15, -0.1) is 0 Å². The summed E-state index contributed by atoms with van der Waals surface area (Å²) in [5, 5.41) is 13.2. The molecule has 1 amide bonds. The van der Waals surface area contributed by atoms with Crippen molar-refractivity contribution in [3.63, 3.8) is 0 Å². The zero-order valence-corrected chi connectivity index (χ0v) is 21.4. The summed E-state index contributed by atoms with van der Waals surface area (Å²) in [6.45, 7) is 4.30. The Morgan fingerprint density at radius 1 is 1.09 bits per heavy atom. The molecule has 0 unspecified atom stereocenters. The van der Waals surface area contributed by atoms with Crippen LogP contribution in [0.25, 0.3) is 16.7 Å². The number of fused-ring (bicyclic) bond motifs is 1. The molecule has 2 aliphatic carbocycles. The van der Waals surface area contributed by atoms with Crippen LogP contribution < -0.4 is 10.6 Å². The number of carbonyl (C=O) groups excluding carboxylic acids is 1. The normalized spacial score (nSPS) is 21.8. The number of para-hydroxylation sites is 1. The largest absolute Gasteiger partial charge is 0.367 e. The molecule has 2 heterocycles. The summed E-state index contributed by atoms with van der Waals surface area (Å²) in [6.07, 6.45) is 11.2. The van der Waals surface area contributed by atoms with E-state index < -0.39 is 0 Å². The van der Waals surface area contributed by atoms with E-state index in [9.17, 15) is 4.79 Å². The number of rotatable bonds is 7. The Bertz CT molecular complexity index is 1180. The molecule has 2 aromatic heterocycles. The molecule has 0 radical (unpaired) electrons. The standard InChI is InChI=1S/C27H35ClN6O/c1-3-17(2)24-32-25(21-16-29-34(26(21)33-24)23-11-7-6-10-22(23)28)30-19-12-14-20(15-13-19)31-27(35)18-8-4-5-9-18/h6-7,10-11,16-20H,3-5,8-9,12-15H2,1-2H3,(H,31,35)(H,30,32,33)/t17-,19?,20?/m1/s1. The summed E-state index contributed by atoms with van der Waals surface area (Å²) in [5.74, 6) is 2.38. The van der Waals surface area contributed by atoms with Gasteiger partial charge in [-0.3, -0.25) is 4.79 Å². The number of hydrogen-bond donors (Lipinski definition) is 2. The Hall–Kier alpha value is -2.67. The summed E-state index contributed by atoms with van der Waals surface area (Å²) in [6, 6.07) is 8.27. The molecule has 7 nitrogen and oxygen atoms in total. The first-order valence-corrected chi connectivity index (χ1v) is 13.5. The minimum Gasteiger partial charge on any atom is -0.367 e. The zero-order valence-electron chi connectivity index (χ0n) is 20.6. The van der Waals surface area contributed by atoms with E-state index in [1.807, 2.05) is 35.1 Å². The van der Waals surface area contributed by atoms with Crippen molar-refractivity contribution in [2.75, 3.05) is 5.32 Å². The van der Waals surface area contributed by atoms with Crippen LogP contribution in [0, 0.1) is 5.92 Å². The lowest BCUT2D eigenvalue weighted by molar-refractivity contribution is -0.125. The van der Waals surface area contributed by atoms with E-state index in [1.165, 1.54) is 12.8 Å². The minimum absolute atomic E-state index is 0.230. The summed E-state index contributed by atoms with van der Waals surface area (Å²) in [7, 11) is 0. The van der Waals surface area contributed by atoms with Gasteiger partial charge in [-0.2, -0.15) is 5.10 Å². The van der Waals surface area contributed by atoms with Gasteiger partial charge in [0, 0.05) is 23.9 Å². The zero-order chi connectivity index (χ0) is 24.4. The van der Waals surface area contributed by atoms with Crippen molar-refractivity contribution in [3.05, 3.63) is 41.3 Å². The van der Waals surface area contributed by atoms with Gasteiger partial charge in [0.25, 0.3) is 0 Å². The molecule has 1 atom stereocenters. The van der Waals surface area contributed by atoms with Gasteiger partial charge in [-0.1, -0.05) is 50.4 Å². The molecular weight excluding hydrogens is 460 g/mol. The van der Waals surface area contributed by atoms with Gasteiger partial charge in [-0.05, 0) is 57.1 Å². The fourth-order valence-electron chi connectivity index (χ4n) is 5.32. The van der Waals surface area contributed by atoms with E-state index in [0.717, 1.165) is 73.3 Å². The van der Waals surface area contributed by atoms with Crippen molar-refractivity contribution in [3.8, 4) is 5.69 Å². The Kier molecular flexibility index (Phi) is 7.23. The Morgan fingerprint density at radius 2 is 1.80 bits per heavy atom. The summed E-state index contributed by atoms with van der Waals surface area (Å²) < 4.78 is 1.81. The Labute approximate surface area is 212 Å². The third kappa shape index (κ3) is 5.15. The van der Waals surface area contributed by atoms with Crippen molar-refractivity contribution in [1.29, 1.82) is 0 Å². The van der Waals surface area contributed by atoms with Crippen molar-refractivity contribution in [1.82, 2.24) is 25.1 Å². The number of nitrogens with one attached hydrogen (secondary N) is 2. The van der Waals surface area contributed by atoms with Gasteiger partial charge in [0.15, 0.2) is 5.65 Å². The number of anilines is 1. The van der Waals surface area contributed by atoms with Gasteiger partial charge >= 0.3 is 0 Å². The maximum Gasteiger partial charge on any atom is 0.223 e. The van der Waals surface area contributed by atoms with Crippen LogP contribution in [0.3, 0.4) is 0 Å². The predicted molar refractivity (Wildman–Crippen MR) is 140 cm³/mol. The molecule has 1 aromatic carbocycles. The van der Waals surface area contributed by atoms with Gasteiger partial charge in [0.05, 0.1) is 22.3 Å². The predicted octanol–water partition coefficient (Wildman–Crippen LogP) is 6.01. The number of amides is 1. The average Bonchev–Trinajstić information content (AvgIpc) is 3.56. The number of nitrogens with zero attached hydrogens (tertiary/aromatic N) is 4. The molecule has 2 aliphatic rings. The first-order valence-electron chi connectivity index (χ1n) is 13.1. The van der Waals surface area contributed by atoms with Crippen LogP contribution in [-0.4, -0.2) is 37.7 Å². The second kappa shape index (κ2) is 10.5. The number of benzene rings is 1. The highest BCUT2D eigenvalue weighted by atomic mass is 35.5. The Morgan fingerprint density at radius 3 is 2.51 bits per heavy atom. The van der Waals surface area contributed by atoms with Gasteiger partial charge in [0.1, 0.15) is 11.6 Å². The molecule has 0 saturated heterocycles. The second-order valence-electron chi connectivity index (χ2n) is 10.2. The van der Waals surface area contributed by atoms with Crippen molar-refractivity contribution in [2.24, 2.45) is 5.92 Å². The molecular formula is C27H35ClN6O. The van der Waals surface area contributed by atoms with E-state index >= 15 is 0 Å². The quantitative estimate of drug-likeness (QED) is 0.420. The second-order valence-corrected chi connectivity index (χ2v) is 10.6. The molecule has 5 rings (SSSR count). The van der Waals surface area contributed by atoms with E-state index in [4.69, 9.17) is 21.6 Å². The Balaban J connectivity index is 1.34. The van der Waals surface area contributed by atoms with Crippen molar-refractivity contribution < 1.29 is 4.79 Å². The number of hydrogen-bond acceptors (Lipinski definition) is 5. The van der Waals surface area contributed by atoms with Crippen LogP contribution >= 0.6 is 11.6 Å². The van der Waals surface area contributed by atoms with Gasteiger partial charge in [-0.25, -0.2) is 14.6 Å². The molecule has 0 aliphatic heterocycles. The molecule has 2 fully saturated rings. The lowest BCUT2D eigenvalue weighted by Gasteiger charge is -2.31. The van der Waals surface area contributed by atoms with E-state index in [2.05, 4.69) is 29.6 Å². The SMILES string of the molecule is CC[C@@H](C)c1nc(NC2CCC(NC(=O)C3CCCC3)CC2)c2cnn(-c3ccccc3Cl)c2n1. The molecule has 35 heavy (non-hydrogen) atoms. The highest BCUT2D eigenvalue weighted by Crippen LogP contribution is 2.31. The van der Waals surface area contributed by atoms with Crippen LogP contribution in [0.5, 0.6) is 0 Å². The van der Waals surface area contributed by atoms with Gasteiger partial charge < -0.3 is 10.6 Å². The van der Waals surface area contributed by atoms with Crippen LogP contribution in [0.1, 0.15) is 83.4 Å². The average molecular weight is 495 g/mol. The summed E-state index contributed by atoms with van der Waals surface area (Å²) >= 11 is 6.48. The van der Waals surface area contributed by atoms with Crippen molar-refractivity contribution >= 4 is 34.4 Å². The van der Waals surface area contributed by atoms with E-state index in [1.54, 1.807) is 0 Å². The maximum absolute atomic E-state index is 12.5. The summed E-state index contributed by atoms with van der Waals surface area (Å²) in [5.41, 5.74) is 1.57. The highest BCUT2D eigenvalue weighted by Gasteiger charge is 2.28. The fourth-order valence-corrected chi connectivity index (χ4v) is 5.54. The molecule has 2 saturated carbocycles. The third-order valence-electron chi connectivity index (χ3n) is 7.72. The molecule has 3 aromatic rings.